The molecule has 0 radical (unpaired) electrons. The van der Waals surface area contributed by atoms with E-state index in [1.807, 2.05) is 20.8 Å². The van der Waals surface area contributed by atoms with Gasteiger partial charge in [-0.15, -0.1) is 0 Å². The number of piperazine rings is 1. The van der Waals surface area contributed by atoms with Crippen LogP contribution in [-0.2, 0) is 11.3 Å². The highest BCUT2D eigenvalue weighted by molar-refractivity contribution is 5.70. The maximum atomic E-state index is 14.0. The number of halogens is 1. The van der Waals surface area contributed by atoms with Crippen LogP contribution in [0.15, 0.2) is 18.2 Å². The van der Waals surface area contributed by atoms with Gasteiger partial charge in [0.15, 0.2) is 0 Å². The Kier molecular flexibility index (Phi) is 7.84. The van der Waals surface area contributed by atoms with Gasteiger partial charge in [0.1, 0.15) is 18.2 Å². The second kappa shape index (κ2) is 10.1. The predicted molar refractivity (Wildman–Crippen MR) is 99.2 cm³/mol. The zero-order valence-corrected chi connectivity index (χ0v) is 16.1. The lowest BCUT2D eigenvalue weighted by Gasteiger charge is -2.38. The monoisotopic (exact) mass is 381 g/mol. The normalized spacial score (nSPS) is 19.5. The van der Waals surface area contributed by atoms with Gasteiger partial charge in [-0.05, 0) is 38.5 Å². The molecule has 0 aliphatic carbocycles. The van der Waals surface area contributed by atoms with E-state index >= 15 is 0 Å². The van der Waals surface area contributed by atoms with Crippen molar-refractivity contribution in [3.63, 3.8) is 0 Å². The van der Waals surface area contributed by atoms with Gasteiger partial charge in [-0.1, -0.05) is 13.3 Å². The van der Waals surface area contributed by atoms with E-state index in [2.05, 4.69) is 10.6 Å². The van der Waals surface area contributed by atoms with Crippen LogP contribution in [0.1, 0.15) is 39.2 Å². The Balaban J connectivity index is 1.93. The van der Waals surface area contributed by atoms with E-state index in [1.54, 1.807) is 4.90 Å². The molecule has 0 unspecified atom stereocenters. The summed E-state index contributed by atoms with van der Waals surface area (Å²) in [5.41, 5.74) is 0.151. The van der Waals surface area contributed by atoms with Crippen molar-refractivity contribution < 1.29 is 23.5 Å². The van der Waals surface area contributed by atoms with E-state index in [9.17, 15) is 14.0 Å². The van der Waals surface area contributed by atoms with Crippen LogP contribution in [0.2, 0.25) is 0 Å². The number of hydrogen-bond acceptors (Lipinski definition) is 5. The van der Waals surface area contributed by atoms with Gasteiger partial charge in [0.2, 0.25) is 0 Å². The first-order valence-corrected chi connectivity index (χ1v) is 9.32. The van der Waals surface area contributed by atoms with Crippen LogP contribution < -0.4 is 15.4 Å². The maximum absolute atomic E-state index is 14.0. The first kappa shape index (κ1) is 21.0. The van der Waals surface area contributed by atoms with Crippen LogP contribution in [0.4, 0.5) is 14.0 Å². The summed E-state index contributed by atoms with van der Waals surface area (Å²) in [6.07, 6.45) is 0.722. The number of rotatable bonds is 6. The molecule has 1 fully saturated rings. The Hall–Kier alpha value is -2.35. The summed E-state index contributed by atoms with van der Waals surface area (Å²) in [7, 11) is 0. The Bertz CT molecular complexity index is 646. The first-order chi connectivity index (χ1) is 12.9. The summed E-state index contributed by atoms with van der Waals surface area (Å²) in [6, 6.07) is 3.90. The molecule has 1 saturated heterocycles. The lowest BCUT2D eigenvalue weighted by Crippen LogP contribution is -2.57. The molecule has 0 saturated carbocycles. The summed E-state index contributed by atoms with van der Waals surface area (Å²) >= 11 is 0. The number of unbranched alkanes of at least 4 members (excludes halogenated alkanes) is 1. The van der Waals surface area contributed by atoms with Gasteiger partial charge in [0, 0.05) is 37.3 Å². The zero-order valence-electron chi connectivity index (χ0n) is 16.1. The Morgan fingerprint density at radius 2 is 2.00 bits per heavy atom. The summed E-state index contributed by atoms with van der Waals surface area (Å²) in [5.74, 6) is -0.330. The van der Waals surface area contributed by atoms with Crippen LogP contribution in [0.5, 0.6) is 5.75 Å². The molecular formula is C19H28FN3O4. The molecule has 0 aromatic heterocycles. The highest BCUT2D eigenvalue weighted by atomic mass is 19.1. The number of carbonyl (C=O) groups excluding carboxylic acids is 2. The summed E-state index contributed by atoms with van der Waals surface area (Å²) in [5, 5.41) is 5.85. The number of benzene rings is 1. The third kappa shape index (κ3) is 6.09. The molecule has 2 atom stereocenters. The van der Waals surface area contributed by atoms with Gasteiger partial charge in [-0.2, -0.15) is 0 Å². The van der Waals surface area contributed by atoms with Crippen molar-refractivity contribution in [2.24, 2.45) is 0 Å². The van der Waals surface area contributed by atoms with E-state index in [4.69, 9.17) is 9.47 Å². The fraction of sp³-hybridized carbons (Fsp3) is 0.579. The topological polar surface area (TPSA) is 79.9 Å². The van der Waals surface area contributed by atoms with E-state index < -0.39 is 18.0 Å². The molecule has 2 amide bonds. The summed E-state index contributed by atoms with van der Waals surface area (Å²) in [4.78, 5) is 25.7. The van der Waals surface area contributed by atoms with Crippen molar-refractivity contribution in [2.75, 3.05) is 19.6 Å². The number of nitrogens with one attached hydrogen (secondary N) is 2. The molecule has 150 valence electrons. The SMILES string of the molecule is CCCCNC(=O)Oc1ccc(F)c(COC(=O)N2[C@H](C)CNC[C@@H]2C)c1. The fourth-order valence-corrected chi connectivity index (χ4v) is 2.94. The molecule has 0 bridgehead atoms. The van der Waals surface area contributed by atoms with Gasteiger partial charge in [0.05, 0.1) is 0 Å². The second-order valence-corrected chi connectivity index (χ2v) is 6.74. The number of carbonyl (C=O) groups is 2. The van der Waals surface area contributed by atoms with Crippen molar-refractivity contribution in [3.8, 4) is 5.75 Å². The molecular weight excluding hydrogens is 353 g/mol. The maximum Gasteiger partial charge on any atom is 0.412 e. The van der Waals surface area contributed by atoms with Crippen LogP contribution in [0, 0.1) is 5.82 Å². The quantitative estimate of drug-likeness (QED) is 0.741. The molecule has 1 heterocycles. The van der Waals surface area contributed by atoms with E-state index in [0.29, 0.717) is 19.6 Å². The van der Waals surface area contributed by atoms with Crippen molar-refractivity contribution in [3.05, 3.63) is 29.6 Å². The van der Waals surface area contributed by atoms with E-state index in [1.165, 1.54) is 18.2 Å². The van der Waals surface area contributed by atoms with Crippen molar-refractivity contribution in [1.82, 2.24) is 15.5 Å². The van der Waals surface area contributed by atoms with Gasteiger partial charge in [-0.25, -0.2) is 14.0 Å². The molecule has 1 aliphatic heterocycles. The molecule has 1 aliphatic rings. The summed E-state index contributed by atoms with van der Waals surface area (Å²) < 4.78 is 24.5. The molecule has 0 spiro atoms. The van der Waals surface area contributed by atoms with E-state index in [0.717, 1.165) is 12.8 Å². The number of hydrogen-bond donors (Lipinski definition) is 2. The average molecular weight is 381 g/mol. The molecule has 8 heteroatoms. The van der Waals surface area contributed by atoms with Crippen molar-refractivity contribution in [1.29, 1.82) is 0 Å². The largest absolute Gasteiger partial charge is 0.444 e. The van der Waals surface area contributed by atoms with Crippen LogP contribution >= 0.6 is 0 Å². The molecule has 2 N–H and O–H groups in total. The minimum absolute atomic E-state index is 0.00687. The fourth-order valence-electron chi connectivity index (χ4n) is 2.94. The molecule has 7 nitrogen and oxygen atoms in total. The number of ether oxygens (including phenoxy) is 2. The highest BCUT2D eigenvalue weighted by Crippen LogP contribution is 2.19. The van der Waals surface area contributed by atoms with Gasteiger partial charge in [0.25, 0.3) is 0 Å². The van der Waals surface area contributed by atoms with Crippen LogP contribution in [0.25, 0.3) is 0 Å². The summed E-state index contributed by atoms with van der Waals surface area (Å²) in [6.45, 7) is 7.52. The first-order valence-electron chi connectivity index (χ1n) is 9.32. The number of amides is 2. The molecule has 2 rings (SSSR count). The number of nitrogens with zero attached hydrogens (tertiary/aromatic N) is 1. The minimum atomic E-state index is -0.596. The van der Waals surface area contributed by atoms with Gasteiger partial charge in [-0.3, -0.25) is 0 Å². The lowest BCUT2D eigenvalue weighted by atomic mass is 10.1. The average Bonchev–Trinajstić information content (AvgIpc) is 2.62. The standard InChI is InChI=1S/C19H28FN3O4/c1-4-5-8-22-18(24)27-16-6-7-17(20)15(9-16)12-26-19(25)23-13(2)10-21-11-14(23)3/h6-7,9,13-14,21H,4-5,8,10-12H2,1-3H3,(H,22,24)/t13-,14+. The van der Waals surface area contributed by atoms with Crippen molar-refractivity contribution >= 4 is 12.2 Å². The van der Waals surface area contributed by atoms with Crippen LogP contribution in [0.3, 0.4) is 0 Å². The van der Waals surface area contributed by atoms with Gasteiger partial charge >= 0.3 is 12.2 Å². The Morgan fingerprint density at radius 1 is 1.30 bits per heavy atom. The second-order valence-electron chi connectivity index (χ2n) is 6.74. The third-order valence-corrected chi connectivity index (χ3v) is 4.42. The third-order valence-electron chi connectivity index (χ3n) is 4.42. The Labute approximate surface area is 159 Å². The minimum Gasteiger partial charge on any atom is -0.444 e. The molecule has 1 aromatic rings. The molecule has 1 aromatic carbocycles. The predicted octanol–water partition coefficient (Wildman–Crippen LogP) is 3.03. The van der Waals surface area contributed by atoms with Gasteiger partial charge < -0.3 is 25.0 Å². The lowest BCUT2D eigenvalue weighted by molar-refractivity contribution is 0.0557. The van der Waals surface area contributed by atoms with Crippen LogP contribution in [-0.4, -0.2) is 48.8 Å². The van der Waals surface area contributed by atoms with E-state index in [-0.39, 0.29) is 30.0 Å². The zero-order chi connectivity index (χ0) is 19.8. The smallest absolute Gasteiger partial charge is 0.412 e. The molecule has 27 heavy (non-hydrogen) atoms. The highest BCUT2D eigenvalue weighted by Gasteiger charge is 2.30. The van der Waals surface area contributed by atoms with Crippen molar-refractivity contribution in [2.45, 2.75) is 52.3 Å². The Morgan fingerprint density at radius 3 is 2.67 bits per heavy atom.